The van der Waals surface area contributed by atoms with E-state index >= 15 is 0 Å². The predicted molar refractivity (Wildman–Crippen MR) is 68.5 cm³/mol. The minimum absolute atomic E-state index is 0.0571. The van der Waals surface area contributed by atoms with Crippen molar-refractivity contribution < 1.29 is 4.92 Å². The van der Waals surface area contributed by atoms with Crippen molar-refractivity contribution in [2.24, 2.45) is 5.92 Å². The highest BCUT2D eigenvalue weighted by Crippen LogP contribution is 2.30. The van der Waals surface area contributed by atoms with Crippen molar-refractivity contribution in [2.75, 3.05) is 11.4 Å². The molecule has 1 heterocycles. The zero-order valence-electron chi connectivity index (χ0n) is 10.7. The summed E-state index contributed by atoms with van der Waals surface area (Å²) >= 11 is 0. The Balaban J connectivity index is 2.07. The van der Waals surface area contributed by atoms with E-state index in [2.05, 4.69) is 28.7 Å². The molecular weight excluding hydrogens is 232 g/mol. The molecule has 1 aliphatic rings. The number of anilines is 1. The van der Waals surface area contributed by atoms with Crippen LogP contribution in [-0.4, -0.2) is 27.5 Å². The molecule has 0 radical (unpaired) electrons. The molecule has 1 aromatic rings. The van der Waals surface area contributed by atoms with Gasteiger partial charge in [0, 0.05) is 12.6 Å². The predicted octanol–water partition coefficient (Wildman–Crippen LogP) is 2.40. The highest BCUT2D eigenvalue weighted by molar-refractivity contribution is 5.36. The van der Waals surface area contributed by atoms with E-state index in [0.717, 1.165) is 13.0 Å². The van der Waals surface area contributed by atoms with Gasteiger partial charge in [-0.2, -0.15) is 0 Å². The van der Waals surface area contributed by atoms with Gasteiger partial charge < -0.3 is 4.90 Å². The summed E-state index contributed by atoms with van der Waals surface area (Å²) in [6.45, 7) is 5.28. The molecule has 2 rings (SSSR count). The van der Waals surface area contributed by atoms with Crippen LogP contribution in [0.1, 0.15) is 33.1 Å². The first-order valence-corrected chi connectivity index (χ1v) is 6.31. The fourth-order valence-electron chi connectivity index (χ4n) is 1.79. The lowest BCUT2D eigenvalue weighted by Crippen LogP contribution is -2.29. The van der Waals surface area contributed by atoms with E-state index in [-0.39, 0.29) is 5.69 Å². The molecule has 0 aromatic carbocycles. The highest BCUT2D eigenvalue weighted by Gasteiger charge is 2.30. The quantitative estimate of drug-likeness (QED) is 0.572. The van der Waals surface area contributed by atoms with E-state index < -0.39 is 4.92 Å². The Morgan fingerprint density at radius 3 is 2.50 bits per heavy atom. The standard InChI is InChI=1S/C12H18N4O2/c1-9(2)5-6-15(10-3-4-10)12-13-7-11(8-14-12)16(17)18/h7-10H,3-6H2,1-2H3. The summed E-state index contributed by atoms with van der Waals surface area (Å²) < 4.78 is 0. The van der Waals surface area contributed by atoms with Gasteiger partial charge in [0.25, 0.3) is 0 Å². The molecule has 1 fully saturated rings. The van der Waals surface area contributed by atoms with Crippen molar-refractivity contribution >= 4 is 11.6 Å². The molecule has 0 unspecified atom stereocenters. The average molecular weight is 250 g/mol. The van der Waals surface area contributed by atoms with Gasteiger partial charge in [0.15, 0.2) is 0 Å². The van der Waals surface area contributed by atoms with E-state index in [9.17, 15) is 10.1 Å². The molecule has 0 amide bonds. The van der Waals surface area contributed by atoms with Gasteiger partial charge in [-0.25, -0.2) is 9.97 Å². The molecule has 6 heteroatoms. The Morgan fingerprint density at radius 2 is 2.06 bits per heavy atom. The summed E-state index contributed by atoms with van der Waals surface area (Å²) in [5.41, 5.74) is -0.0571. The summed E-state index contributed by atoms with van der Waals surface area (Å²) in [5.74, 6) is 1.24. The van der Waals surface area contributed by atoms with Crippen molar-refractivity contribution in [3.63, 3.8) is 0 Å². The Labute approximate surface area is 106 Å². The summed E-state index contributed by atoms with van der Waals surface area (Å²) in [4.78, 5) is 20.5. The van der Waals surface area contributed by atoms with Crippen LogP contribution in [-0.2, 0) is 0 Å². The summed E-state index contributed by atoms with van der Waals surface area (Å²) in [6.07, 6.45) is 5.98. The fraction of sp³-hybridized carbons (Fsp3) is 0.667. The van der Waals surface area contributed by atoms with E-state index in [1.807, 2.05) is 0 Å². The minimum Gasteiger partial charge on any atom is -0.338 e. The molecule has 1 aromatic heterocycles. The van der Waals surface area contributed by atoms with Gasteiger partial charge in [-0.3, -0.25) is 10.1 Å². The monoisotopic (exact) mass is 250 g/mol. The van der Waals surface area contributed by atoms with Crippen LogP contribution in [0.5, 0.6) is 0 Å². The minimum atomic E-state index is -0.473. The zero-order chi connectivity index (χ0) is 13.1. The van der Waals surface area contributed by atoms with Gasteiger partial charge in [-0.15, -0.1) is 0 Å². The average Bonchev–Trinajstić information content (AvgIpc) is 3.14. The third-order valence-corrected chi connectivity index (χ3v) is 3.03. The van der Waals surface area contributed by atoms with E-state index in [1.54, 1.807) is 0 Å². The molecule has 18 heavy (non-hydrogen) atoms. The fourth-order valence-corrected chi connectivity index (χ4v) is 1.79. The summed E-state index contributed by atoms with van der Waals surface area (Å²) in [5, 5.41) is 10.6. The molecule has 0 spiro atoms. The maximum atomic E-state index is 10.6. The molecule has 0 saturated heterocycles. The van der Waals surface area contributed by atoms with Crippen molar-refractivity contribution in [2.45, 2.75) is 39.2 Å². The molecule has 6 nitrogen and oxygen atoms in total. The number of rotatable bonds is 6. The van der Waals surface area contributed by atoms with Crippen molar-refractivity contribution in [3.05, 3.63) is 22.5 Å². The van der Waals surface area contributed by atoms with Gasteiger partial charge in [0.05, 0.1) is 4.92 Å². The maximum Gasteiger partial charge on any atom is 0.305 e. The van der Waals surface area contributed by atoms with Gasteiger partial charge in [-0.05, 0) is 25.2 Å². The third kappa shape index (κ3) is 3.15. The first kappa shape index (κ1) is 12.7. The second-order valence-corrected chi connectivity index (χ2v) is 5.11. The van der Waals surface area contributed by atoms with Gasteiger partial charge in [-0.1, -0.05) is 13.8 Å². The SMILES string of the molecule is CC(C)CCN(c1ncc([N+](=O)[O-])cn1)C1CC1. The molecule has 1 aliphatic carbocycles. The lowest BCUT2D eigenvalue weighted by Gasteiger charge is -2.22. The van der Waals surface area contributed by atoms with Gasteiger partial charge in [0.1, 0.15) is 12.4 Å². The Hall–Kier alpha value is -1.72. The Morgan fingerprint density at radius 1 is 1.44 bits per heavy atom. The number of nitrogens with zero attached hydrogens (tertiary/aromatic N) is 4. The number of nitro groups is 1. The van der Waals surface area contributed by atoms with Crippen LogP contribution in [0.2, 0.25) is 0 Å². The first-order chi connectivity index (χ1) is 8.58. The van der Waals surface area contributed by atoms with E-state index in [4.69, 9.17) is 0 Å². The van der Waals surface area contributed by atoms with Crippen molar-refractivity contribution in [1.29, 1.82) is 0 Å². The van der Waals surface area contributed by atoms with E-state index in [1.165, 1.54) is 25.2 Å². The maximum absolute atomic E-state index is 10.6. The summed E-state index contributed by atoms with van der Waals surface area (Å²) in [6, 6.07) is 0.519. The topological polar surface area (TPSA) is 72.2 Å². The highest BCUT2D eigenvalue weighted by atomic mass is 16.6. The number of aromatic nitrogens is 2. The smallest absolute Gasteiger partial charge is 0.305 e. The molecule has 0 atom stereocenters. The molecule has 1 saturated carbocycles. The molecule has 0 bridgehead atoms. The Bertz CT molecular complexity index is 415. The first-order valence-electron chi connectivity index (χ1n) is 6.31. The third-order valence-electron chi connectivity index (χ3n) is 3.03. The van der Waals surface area contributed by atoms with E-state index in [0.29, 0.717) is 17.9 Å². The molecule has 0 aliphatic heterocycles. The van der Waals surface area contributed by atoms with Crippen LogP contribution in [0.4, 0.5) is 11.6 Å². The van der Waals surface area contributed by atoms with Crippen molar-refractivity contribution in [3.8, 4) is 0 Å². The normalized spacial score (nSPS) is 14.8. The second-order valence-electron chi connectivity index (χ2n) is 5.11. The lowest BCUT2D eigenvalue weighted by molar-refractivity contribution is -0.385. The number of hydrogen-bond acceptors (Lipinski definition) is 5. The number of hydrogen-bond donors (Lipinski definition) is 0. The molecular formula is C12H18N4O2. The van der Waals surface area contributed by atoms with Gasteiger partial charge >= 0.3 is 5.69 Å². The van der Waals surface area contributed by atoms with Crippen LogP contribution in [0.25, 0.3) is 0 Å². The second kappa shape index (κ2) is 5.29. The Kier molecular flexibility index (Phi) is 3.74. The van der Waals surface area contributed by atoms with Crippen LogP contribution in [0.15, 0.2) is 12.4 Å². The van der Waals surface area contributed by atoms with Crippen LogP contribution >= 0.6 is 0 Å². The van der Waals surface area contributed by atoms with Crippen LogP contribution in [0, 0.1) is 16.0 Å². The van der Waals surface area contributed by atoms with Gasteiger partial charge in [0.2, 0.25) is 5.95 Å². The summed E-state index contributed by atoms with van der Waals surface area (Å²) in [7, 11) is 0. The van der Waals surface area contributed by atoms with Crippen LogP contribution in [0.3, 0.4) is 0 Å². The van der Waals surface area contributed by atoms with Crippen LogP contribution < -0.4 is 4.90 Å². The lowest BCUT2D eigenvalue weighted by atomic mass is 10.1. The largest absolute Gasteiger partial charge is 0.338 e. The molecule has 98 valence electrons. The zero-order valence-corrected chi connectivity index (χ0v) is 10.7. The molecule has 0 N–H and O–H groups in total. The van der Waals surface area contributed by atoms with Crippen molar-refractivity contribution in [1.82, 2.24) is 9.97 Å².